The van der Waals surface area contributed by atoms with Crippen molar-refractivity contribution in [3.63, 3.8) is 0 Å². The third-order valence-corrected chi connectivity index (χ3v) is 1.78. The molecule has 0 saturated heterocycles. The summed E-state index contributed by atoms with van der Waals surface area (Å²) >= 11 is 0. The Kier molecular flexibility index (Phi) is 1.82. The molecule has 15 heavy (non-hydrogen) atoms. The normalized spacial score (nSPS) is 10.4. The fourth-order valence-electron chi connectivity index (χ4n) is 1.11. The van der Waals surface area contributed by atoms with Crippen LogP contribution in [0.25, 0.3) is 5.65 Å². The molecule has 2 rings (SSSR count). The standard InChI is InChI=1S/C7H4N4O4/c12-7(13)5-2-9-10-3-4(11(14)15)1-8-6(5)10/h1-3H,(H,12,13). The van der Waals surface area contributed by atoms with Gasteiger partial charge in [0.1, 0.15) is 18.0 Å². The van der Waals surface area contributed by atoms with Crippen molar-refractivity contribution in [1.82, 2.24) is 14.6 Å². The van der Waals surface area contributed by atoms with Crippen LogP contribution >= 0.6 is 0 Å². The van der Waals surface area contributed by atoms with Gasteiger partial charge in [-0.15, -0.1) is 0 Å². The van der Waals surface area contributed by atoms with Gasteiger partial charge in [-0.3, -0.25) is 10.1 Å². The van der Waals surface area contributed by atoms with E-state index >= 15 is 0 Å². The van der Waals surface area contributed by atoms with Gasteiger partial charge in [-0.05, 0) is 0 Å². The molecule has 0 saturated carbocycles. The van der Waals surface area contributed by atoms with Crippen LogP contribution in [0.5, 0.6) is 0 Å². The van der Waals surface area contributed by atoms with Crippen LogP contribution in [-0.4, -0.2) is 30.6 Å². The highest BCUT2D eigenvalue weighted by atomic mass is 16.6. The highest BCUT2D eigenvalue weighted by Crippen LogP contribution is 2.12. The number of rotatable bonds is 2. The predicted octanol–water partition coefficient (Wildman–Crippen LogP) is 0.336. The Bertz CT molecular complexity index is 561. The predicted molar refractivity (Wildman–Crippen MR) is 46.6 cm³/mol. The number of nitrogens with zero attached hydrogens (tertiary/aromatic N) is 4. The number of aromatic nitrogens is 3. The highest BCUT2D eigenvalue weighted by Gasteiger charge is 2.15. The van der Waals surface area contributed by atoms with Gasteiger partial charge in [-0.1, -0.05) is 0 Å². The number of carboxylic acids is 1. The van der Waals surface area contributed by atoms with Crippen LogP contribution in [0.2, 0.25) is 0 Å². The lowest BCUT2D eigenvalue weighted by Gasteiger charge is -1.93. The van der Waals surface area contributed by atoms with E-state index in [4.69, 9.17) is 5.11 Å². The monoisotopic (exact) mass is 208 g/mol. The summed E-state index contributed by atoms with van der Waals surface area (Å²) < 4.78 is 1.06. The Morgan fingerprint density at radius 3 is 2.87 bits per heavy atom. The second-order valence-corrected chi connectivity index (χ2v) is 2.70. The van der Waals surface area contributed by atoms with Gasteiger partial charge in [0.15, 0.2) is 5.65 Å². The van der Waals surface area contributed by atoms with Crippen molar-refractivity contribution >= 4 is 17.3 Å². The van der Waals surface area contributed by atoms with Crippen molar-refractivity contribution < 1.29 is 14.8 Å². The maximum Gasteiger partial charge on any atom is 0.341 e. The molecule has 0 bridgehead atoms. The summed E-state index contributed by atoms with van der Waals surface area (Å²) in [6.45, 7) is 0. The first-order valence-corrected chi connectivity index (χ1v) is 3.80. The molecule has 0 radical (unpaired) electrons. The molecule has 0 unspecified atom stereocenters. The van der Waals surface area contributed by atoms with E-state index in [0.717, 1.165) is 23.1 Å². The van der Waals surface area contributed by atoms with E-state index in [-0.39, 0.29) is 16.9 Å². The van der Waals surface area contributed by atoms with Gasteiger partial charge in [0, 0.05) is 0 Å². The molecule has 0 amide bonds. The van der Waals surface area contributed by atoms with Crippen LogP contribution in [0.4, 0.5) is 5.69 Å². The molecule has 0 aliphatic carbocycles. The first-order valence-electron chi connectivity index (χ1n) is 3.80. The lowest BCUT2D eigenvalue weighted by Crippen LogP contribution is -1.99. The molecule has 2 aromatic heterocycles. The summed E-state index contributed by atoms with van der Waals surface area (Å²) in [7, 11) is 0. The number of hydrogen-bond acceptors (Lipinski definition) is 5. The smallest absolute Gasteiger partial charge is 0.341 e. The van der Waals surface area contributed by atoms with Crippen LogP contribution in [0, 0.1) is 10.1 Å². The minimum absolute atomic E-state index is 0.0769. The number of hydrogen-bond donors (Lipinski definition) is 1. The van der Waals surface area contributed by atoms with Crippen LogP contribution in [0.15, 0.2) is 18.6 Å². The van der Waals surface area contributed by atoms with Gasteiger partial charge < -0.3 is 5.11 Å². The van der Waals surface area contributed by atoms with Gasteiger partial charge in [0.25, 0.3) is 0 Å². The SMILES string of the molecule is O=C(O)c1cnn2cc([N+](=O)[O-])cnc12. The third-order valence-electron chi connectivity index (χ3n) is 1.78. The summed E-state index contributed by atoms with van der Waals surface area (Å²) in [5.74, 6) is -1.17. The molecule has 0 aliphatic heterocycles. The highest BCUT2D eigenvalue weighted by molar-refractivity contribution is 5.94. The fraction of sp³-hybridized carbons (Fsp3) is 0. The molecule has 76 valence electrons. The number of carbonyl (C=O) groups is 1. The molecule has 0 spiro atoms. The van der Waals surface area contributed by atoms with Gasteiger partial charge in [-0.2, -0.15) is 5.10 Å². The molecule has 2 aromatic rings. The zero-order valence-corrected chi connectivity index (χ0v) is 7.19. The molecular formula is C7H4N4O4. The Morgan fingerprint density at radius 1 is 1.53 bits per heavy atom. The Labute approximate surface area is 81.9 Å². The number of carboxylic acid groups (broad SMARTS) is 1. The van der Waals surface area contributed by atoms with Crippen molar-refractivity contribution in [2.45, 2.75) is 0 Å². The summed E-state index contributed by atoms with van der Waals surface area (Å²) in [6, 6.07) is 0. The average molecular weight is 208 g/mol. The molecule has 0 aliphatic rings. The zero-order valence-electron chi connectivity index (χ0n) is 7.19. The topological polar surface area (TPSA) is 111 Å². The van der Waals surface area contributed by atoms with Gasteiger partial charge in [0.2, 0.25) is 0 Å². The fourth-order valence-corrected chi connectivity index (χ4v) is 1.11. The van der Waals surface area contributed by atoms with Crippen LogP contribution in [-0.2, 0) is 0 Å². The molecule has 8 heteroatoms. The van der Waals surface area contributed by atoms with Crippen LogP contribution in [0.3, 0.4) is 0 Å². The van der Waals surface area contributed by atoms with E-state index < -0.39 is 10.9 Å². The summed E-state index contributed by atoms with van der Waals surface area (Å²) in [5.41, 5.74) is -0.263. The van der Waals surface area contributed by atoms with E-state index in [2.05, 4.69) is 10.1 Å². The second kappa shape index (κ2) is 3.01. The van der Waals surface area contributed by atoms with Crippen LogP contribution < -0.4 is 0 Å². The summed E-state index contributed by atoms with van der Waals surface area (Å²) in [5, 5.41) is 22.8. The molecule has 0 aromatic carbocycles. The first-order chi connectivity index (χ1) is 7.09. The summed E-state index contributed by atoms with van der Waals surface area (Å²) in [4.78, 5) is 24.1. The summed E-state index contributed by atoms with van der Waals surface area (Å²) in [6.07, 6.45) is 3.19. The molecule has 8 nitrogen and oxygen atoms in total. The van der Waals surface area contributed by atoms with Gasteiger partial charge in [0.05, 0.1) is 11.1 Å². The van der Waals surface area contributed by atoms with Crippen molar-refractivity contribution in [3.8, 4) is 0 Å². The van der Waals surface area contributed by atoms with Gasteiger partial charge in [-0.25, -0.2) is 14.3 Å². The lowest BCUT2D eigenvalue weighted by atomic mass is 10.3. The molecule has 1 N–H and O–H groups in total. The maximum absolute atomic E-state index is 10.7. The van der Waals surface area contributed by atoms with E-state index in [9.17, 15) is 14.9 Å². The minimum atomic E-state index is -1.17. The second-order valence-electron chi connectivity index (χ2n) is 2.70. The van der Waals surface area contributed by atoms with Crippen molar-refractivity contribution in [3.05, 3.63) is 34.3 Å². The van der Waals surface area contributed by atoms with E-state index in [0.29, 0.717) is 0 Å². The molecular weight excluding hydrogens is 204 g/mol. The first kappa shape index (κ1) is 9.06. The number of nitro groups is 1. The van der Waals surface area contributed by atoms with Crippen molar-refractivity contribution in [1.29, 1.82) is 0 Å². The zero-order chi connectivity index (χ0) is 11.0. The number of fused-ring (bicyclic) bond motifs is 1. The minimum Gasteiger partial charge on any atom is -0.477 e. The third kappa shape index (κ3) is 1.37. The average Bonchev–Trinajstić information content (AvgIpc) is 2.59. The van der Waals surface area contributed by atoms with E-state index in [1.165, 1.54) is 0 Å². The van der Waals surface area contributed by atoms with E-state index in [1.54, 1.807) is 0 Å². The molecule has 0 fully saturated rings. The van der Waals surface area contributed by atoms with E-state index in [1.807, 2.05) is 0 Å². The van der Waals surface area contributed by atoms with Gasteiger partial charge >= 0.3 is 11.7 Å². The Hall–Kier alpha value is -2.51. The lowest BCUT2D eigenvalue weighted by molar-refractivity contribution is -0.385. The Balaban J connectivity index is 2.66. The quantitative estimate of drug-likeness (QED) is 0.562. The molecule has 2 heterocycles. The number of aromatic carboxylic acids is 1. The van der Waals surface area contributed by atoms with Crippen molar-refractivity contribution in [2.75, 3.05) is 0 Å². The maximum atomic E-state index is 10.7. The van der Waals surface area contributed by atoms with Crippen LogP contribution in [0.1, 0.15) is 10.4 Å². The van der Waals surface area contributed by atoms with Crippen molar-refractivity contribution in [2.24, 2.45) is 0 Å². The largest absolute Gasteiger partial charge is 0.477 e. The Morgan fingerprint density at radius 2 is 2.27 bits per heavy atom. The molecule has 0 atom stereocenters.